The third kappa shape index (κ3) is 2.38. The molecule has 1 aromatic carbocycles. The van der Waals surface area contributed by atoms with E-state index in [9.17, 15) is 4.79 Å². The number of hydrogen-bond donors (Lipinski definition) is 1. The van der Waals surface area contributed by atoms with Crippen LogP contribution in [0.15, 0.2) is 59.7 Å². The Morgan fingerprint density at radius 3 is 2.60 bits per heavy atom. The zero-order valence-corrected chi connectivity index (χ0v) is 11.1. The normalized spacial score (nSPS) is 11.1. The van der Waals surface area contributed by atoms with E-state index in [0.29, 0.717) is 6.54 Å². The third-order valence-electron chi connectivity index (χ3n) is 3.50. The fourth-order valence-corrected chi connectivity index (χ4v) is 2.40. The van der Waals surface area contributed by atoms with E-state index >= 15 is 0 Å². The minimum absolute atomic E-state index is 0.0199. The van der Waals surface area contributed by atoms with Crippen LogP contribution in [0.25, 0.3) is 10.9 Å². The Labute approximate surface area is 116 Å². The predicted octanol–water partition coefficient (Wildman–Crippen LogP) is 2.00. The lowest BCUT2D eigenvalue weighted by molar-refractivity contribution is 0.282. The summed E-state index contributed by atoms with van der Waals surface area (Å²) in [5.74, 6) is 0. The number of pyridine rings is 1. The number of benzene rings is 1. The number of rotatable bonds is 4. The lowest BCUT2D eigenvalue weighted by atomic mass is 10.2. The standard InChI is InChI=1S/C16H16N2O2/c19-12-13-4-5-15-14(11-13)6-8-17(15)9-10-18-7-2-1-3-16(18)20/h1-8,11,19H,9-10,12H2. The van der Waals surface area contributed by atoms with Gasteiger partial charge in [0, 0.05) is 37.1 Å². The topological polar surface area (TPSA) is 47.2 Å². The Balaban J connectivity index is 1.85. The van der Waals surface area contributed by atoms with Gasteiger partial charge in [-0.1, -0.05) is 12.1 Å². The highest BCUT2D eigenvalue weighted by Crippen LogP contribution is 2.17. The van der Waals surface area contributed by atoms with E-state index in [1.54, 1.807) is 22.9 Å². The molecule has 0 aliphatic carbocycles. The van der Waals surface area contributed by atoms with Crippen molar-refractivity contribution in [1.29, 1.82) is 0 Å². The van der Waals surface area contributed by atoms with Crippen LogP contribution in [-0.2, 0) is 19.7 Å². The van der Waals surface area contributed by atoms with Crippen molar-refractivity contribution in [3.63, 3.8) is 0 Å². The lowest BCUT2D eigenvalue weighted by Gasteiger charge is -2.08. The molecule has 0 unspecified atom stereocenters. The number of aryl methyl sites for hydroxylation is 2. The highest BCUT2D eigenvalue weighted by atomic mass is 16.3. The maximum atomic E-state index is 11.7. The summed E-state index contributed by atoms with van der Waals surface area (Å²) in [7, 11) is 0. The molecule has 0 radical (unpaired) electrons. The molecule has 20 heavy (non-hydrogen) atoms. The van der Waals surface area contributed by atoms with E-state index in [4.69, 9.17) is 5.11 Å². The second-order valence-electron chi connectivity index (χ2n) is 4.79. The van der Waals surface area contributed by atoms with Crippen LogP contribution in [-0.4, -0.2) is 14.2 Å². The van der Waals surface area contributed by atoms with Crippen molar-refractivity contribution < 1.29 is 5.11 Å². The lowest BCUT2D eigenvalue weighted by Crippen LogP contribution is -2.20. The summed E-state index contributed by atoms with van der Waals surface area (Å²) in [6.45, 7) is 1.44. The van der Waals surface area contributed by atoms with Crippen molar-refractivity contribution >= 4 is 10.9 Å². The van der Waals surface area contributed by atoms with Crippen LogP contribution < -0.4 is 5.56 Å². The fourth-order valence-electron chi connectivity index (χ4n) is 2.40. The van der Waals surface area contributed by atoms with Gasteiger partial charge < -0.3 is 14.2 Å². The van der Waals surface area contributed by atoms with Crippen LogP contribution in [0.5, 0.6) is 0 Å². The van der Waals surface area contributed by atoms with Crippen LogP contribution in [0.1, 0.15) is 5.56 Å². The van der Waals surface area contributed by atoms with Crippen molar-refractivity contribution in [2.75, 3.05) is 0 Å². The summed E-state index contributed by atoms with van der Waals surface area (Å²) in [5, 5.41) is 10.2. The average molecular weight is 268 g/mol. The molecule has 0 amide bonds. The van der Waals surface area contributed by atoms with Crippen LogP contribution in [0, 0.1) is 0 Å². The number of nitrogens with zero attached hydrogens (tertiary/aromatic N) is 2. The second-order valence-corrected chi connectivity index (χ2v) is 4.79. The molecule has 2 heterocycles. The van der Waals surface area contributed by atoms with Gasteiger partial charge in [0.25, 0.3) is 5.56 Å². The zero-order valence-electron chi connectivity index (χ0n) is 11.1. The molecule has 0 spiro atoms. The average Bonchev–Trinajstić information content (AvgIpc) is 2.88. The highest BCUT2D eigenvalue weighted by Gasteiger charge is 2.02. The van der Waals surface area contributed by atoms with E-state index in [2.05, 4.69) is 4.57 Å². The molecule has 102 valence electrons. The summed E-state index contributed by atoms with van der Waals surface area (Å²) in [5.41, 5.74) is 2.05. The van der Waals surface area contributed by atoms with Crippen molar-refractivity contribution in [2.24, 2.45) is 0 Å². The Kier molecular flexibility index (Phi) is 3.39. The van der Waals surface area contributed by atoms with Gasteiger partial charge in [0.05, 0.1) is 6.61 Å². The molecule has 0 atom stereocenters. The van der Waals surface area contributed by atoms with Crippen LogP contribution in [0.2, 0.25) is 0 Å². The molecule has 0 bridgehead atoms. The molecule has 0 saturated carbocycles. The van der Waals surface area contributed by atoms with Gasteiger partial charge in [0.15, 0.2) is 0 Å². The Morgan fingerprint density at radius 2 is 1.80 bits per heavy atom. The molecule has 4 heteroatoms. The molecule has 0 fully saturated rings. The van der Waals surface area contributed by atoms with E-state index in [-0.39, 0.29) is 12.2 Å². The van der Waals surface area contributed by atoms with Crippen molar-refractivity contribution in [3.05, 3.63) is 70.8 Å². The smallest absolute Gasteiger partial charge is 0.250 e. The van der Waals surface area contributed by atoms with Gasteiger partial charge in [0.2, 0.25) is 0 Å². The van der Waals surface area contributed by atoms with Gasteiger partial charge in [-0.25, -0.2) is 0 Å². The minimum Gasteiger partial charge on any atom is -0.392 e. The molecule has 2 aromatic heterocycles. The van der Waals surface area contributed by atoms with Gasteiger partial charge in [-0.3, -0.25) is 4.79 Å². The summed E-state index contributed by atoms with van der Waals surface area (Å²) in [6, 6.07) is 13.1. The highest BCUT2D eigenvalue weighted by molar-refractivity contribution is 5.80. The molecule has 4 nitrogen and oxygen atoms in total. The molecular formula is C16H16N2O2. The Morgan fingerprint density at radius 1 is 0.950 bits per heavy atom. The van der Waals surface area contributed by atoms with Gasteiger partial charge in [-0.05, 0) is 35.2 Å². The number of aromatic nitrogens is 2. The van der Waals surface area contributed by atoms with Gasteiger partial charge in [0.1, 0.15) is 0 Å². The first kappa shape index (κ1) is 12.7. The van der Waals surface area contributed by atoms with Crippen molar-refractivity contribution in [1.82, 2.24) is 9.13 Å². The molecule has 0 saturated heterocycles. The molecular weight excluding hydrogens is 252 g/mol. The van der Waals surface area contributed by atoms with Gasteiger partial charge in [-0.2, -0.15) is 0 Å². The van der Waals surface area contributed by atoms with E-state index in [0.717, 1.165) is 23.0 Å². The largest absolute Gasteiger partial charge is 0.392 e. The number of aliphatic hydroxyl groups is 1. The zero-order chi connectivity index (χ0) is 13.9. The number of aliphatic hydroxyl groups excluding tert-OH is 1. The first-order chi connectivity index (χ1) is 9.78. The number of fused-ring (bicyclic) bond motifs is 1. The molecule has 0 aliphatic rings. The Bertz CT molecular complexity index is 786. The van der Waals surface area contributed by atoms with E-state index in [1.807, 2.05) is 36.5 Å². The van der Waals surface area contributed by atoms with Crippen molar-refractivity contribution in [2.45, 2.75) is 19.7 Å². The fraction of sp³-hybridized carbons (Fsp3) is 0.188. The molecule has 0 aliphatic heterocycles. The first-order valence-corrected chi connectivity index (χ1v) is 6.62. The van der Waals surface area contributed by atoms with Gasteiger partial charge >= 0.3 is 0 Å². The predicted molar refractivity (Wildman–Crippen MR) is 78.6 cm³/mol. The molecule has 1 N–H and O–H groups in total. The van der Waals surface area contributed by atoms with Crippen molar-refractivity contribution in [3.8, 4) is 0 Å². The summed E-state index contributed by atoms with van der Waals surface area (Å²) >= 11 is 0. The first-order valence-electron chi connectivity index (χ1n) is 6.62. The quantitative estimate of drug-likeness (QED) is 0.786. The Hall–Kier alpha value is -2.33. The maximum Gasteiger partial charge on any atom is 0.250 e. The van der Waals surface area contributed by atoms with E-state index < -0.39 is 0 Å². The van der Waals surface area contributed by atoms with Crippen LogP contribution in [0.4, 0.5) is 0 Å². The van der Waals surface area contributed by atoms with Crippen LogP contribution in [0.3, 0.4) is 0 Å². The number of hydrogen-bond acceptors (Lipinski definition) is 2. The summed E-state index contributed by atoms with van der Waals surface area (Å²) in [6.07, 6.45) is 3.82. The monoisotopic (exact) mass is 268 g/mol. The van der Waals surface area contributed by atoms with E-state index in [1.165, 1.54) is 0 Å². The second kappa shape index (κ2) is 5.35. The summed E-state index contributed by atoms with van der Waals surface area (Å²) < 4.78 is 3.82. The molecule has 3 rings (SSSR count). The van der Waals surface area contributed by atoms with Gasteiger partial charge in [-0.15, -0.1) is 0 Å². The third-order valence-corrected chi connectivity index (χ3v) is 3.50. The summed E-state index contributed by atoms with van der Waals surface area (Å²) in [4.78, 5) is 11.7. The van der Waals surface area contributed by atoms with Crippen LogP contribution >= 0.6 is 0 Å². The SMILES string of the molecule is O=c1ccccn1CCn1ccc2cc(CO)ccc21. The minimum atomic E-state index is 0.0199. The molecule has 3 aromatic rings. The maximum absolute atomic E-state index is 11.7.